The van der Waals surface area contributed by atoms with Gasteiger partial charge in [-0.3, -0.25) is 4.99 Å². The van der Waals surface area contributed by atoms with Crippen molar-refractivity contribution in [2.45, 2.75) is 18.0 Å². The first kappa shape index (κ1) is 20.4. The fourth-order valence-corrected chi connectivity index (χ4v) is 4.49. The molecular weight excluding hydrogens is 492 g/mol. The minimum Gasteiger partial charge on any atom is -0.288 e. The normalized spacial score (nSPS) is 19.4. The number of hydrogen-bond acceptors (Lipinski definition) is 3. The van der Waals surface area contributed by atoms with E-state index in [-0.39, 0.29) is 22.0 Å². The summed E-state index contributed by atoms with van der Waals surface area (Å²) in [7, 11) is 0. The highest BCUT2D eigenvalue weighted by Gasteiger charge is 2.58. The third kappa shape index (κ3) is 3.69. The maximum Gasteiger partial charge on any atom is 0.400 e. The molecular formula is C19H12BrCl2F3N4. The van der Waals surface area contributed by atoms with Gasteiger partial charge in [0.1, 0.15) is 18.1 Å². The monoisotopic (exact) mass is 502 g/mol. The van der Waals surface area contributed by atoms with E-state index in [9.17, 15) is 13.2 Å². The first-order valence-electron chi connectivity index (χ1n) is 8.41. The smallest absolute Gasteiger partial charge is 0.288 e. The van der Waals surface area contributed by atoms with E-state index in [1.165, 1.54) is 30.9 Å². The van der Waals surface area contributed by atoms with Crippen molar-refractivity contribution in [2.24, 2.45) is 4.99 Å². The molecule has 2 aromatic carbocycles. The van der Waals surface area contributed by atoms with Crippen molar-refractivity contribution in [1.29, 1.82) is 0 Å². The van der Waals surface area contributed by atoms with Gasteiger partial charge in [-0.05, 0) is 57.4 Å². The van der Waals surface area contributed by atoms with Crippen molar-refractivity contribution in [3.63, 3.8) is 0 Å². The third-order valence-corrected chi connectivity index (χ3v) is 5.98. The van der Waals surface area contributed by atoms with Gasteiger partial charge in [0.2, 0.25) is 0 Å². The predicted molar refractivity (Wildman–Crippen MR) is 109 cm³/mol. The van der Waals surface area contributed by atoms with E-state index in [1.54, 1.807) is 22.9 Å². The number of hydrogen-bond donors (Lipinski definition) is 0. The predicted octanol–water partition coefficient (Wildman–Crippen LogP) is 6.03. The lowest BCUT2D eigenvalue weighted by Crippen LogP contribution is -2.43. The van der Waals surface area contributed by atoms with Crippen LogP contribution in [0.3, 0.4) is 0 Å². The van der Waals surface area contributed by atoms with Gasteiger partial charge in [-0.15, -0.1) is 0 Å². The van der Waals surface area contributed by atoms with Gasteiger partial charge in [-0.1, -0.05) is 29.3 Å². The van der Waals surface area contributed by atoms with Crippen LogP contribution in [0.5, 0.6) is 0 Å². The Bertz CT molecular complexity index is 1080. The largest absolute Gasteiger partial charge is 0.400 e. The van der Waals surface area contributed by atoms with Gasteiger partial charge in [0.25, 0.3) is 0 Å². The highest BCUT2D eigenvalue weighted by molar-refractivity contribution is 9.10. The molecule has 4 rings (SSSR count). The topological polar surface area (TPSA) is 43.1 Å². The number of benzene rings is 2. The first-order valence-corrected chi connectivity index (χ1v) is 9.96. The zero-order chi connectivity index (χ0) is 20.8. The highest BCUT2D eigenvalue weighted by atomic mass is 79.9. The molecule has 0 saturated carbocycles. The summed E-state index contributed by atoms with van der Waals surface area (Å²) >= 11 is 15.4. The molecule has 1 aliphatic rings. The molecule has 0 N–H and O–H groups in total. The number of nitrogens with zero attached hydrogens (tertiary/aromatic N) is 4. The Hall–Kier alpha value is -1.90. The lowest BCUT2D eigenvalue weighted by molar-refractivity contribution is -0.183. The fourth-order valence-electron chi connectivity index (χ4n) is 3.40. The quantitative estimate of drug-likeness (QED) is 0.438. The van der Waals surface area contributed by atoms with Crippen molar-refractivity contribution in [3.8, 4) is 5.69 Å². The number of aliphatic imine (C=N–C) groups is 1. The second-order valence-corrected chi connectivity index (χ2v) is 8.41. The Labute approximate surface area is 182 Å². The molecule has 0 radical (unpaired) electrons. The van der Waals surface area contributed by atoms with E-state index in [2.05, 4.69) is 31.0 Å². The van der Waals surface area contributed by atoms with E-state index < -0.39 is 18.1 Å². The molecule has 3 aromatic rings. The average molecular weight is 504 g/mol. The van der Waals surface area contributed by atoms with Gasteiger partial charge in [-0.25, -0.2) is 9.67 Å². The van der Waals surface area contributed by atoms with Gasteiger partial charge < -0.3 is 0 Å². The van der Waals surface area contributed by atoms with Crippen molar-refractivity contribution < 1.29 is 13.2 Å². The summed E-state index contributed by atoms with van der Waals surface area (Å²) in [5.41, 5.74) is -0.481. The van der Waals surface area contributed by atoms with Crippen LogP contribution in [-0.4, -0.2) is 33.2 Å². The fraction of sp³-hybridized carbons (Fsp3) is 0.211. The van der Waals surface area contributed by atoms with Gasteiger partial charge in [0.15, 0.2) is 0 Å². The van der Waals surface area contributed by atoms with E-state index in [0.29, 0.717) is 21.4 Å². The zero-order valence-electron chi connectivity index (χ0n) is 14.6. The molecule has 29 heavy (non-hydrogen) atoms. The van der Waals surface area contributed by atoms with Crippen LogP contribution in [0.1, 0.15) is 17.5 Å². The lowest BCUT2D eigenvalue weighted by Gasteiger charge is -2.31. The van der Waals surface area contributed by atoms with Crippen LogP contribution < -0.4 is 0 Å². The van der Waals surface area contributed by atoms with Gasteiger partial charge in [0.05, 0.1) is 12.2 Å². The van der Waals surface area contributed by atoms with Crippen LogP contribution >= 0.6 is 39.1 Å². The Balaban J connectivity index is 1.71. The molecule has 150 valence electrons. The Kier molecular flexibility index (Phi) is 5.21. The molecule has 0 fully saturated rings. The van der Waals surface area contributed by atoms with E-state index in [1.807, 2.05) is 0 Å². The van der Waals surface area contributed by atoms with Crippen LogP contribution in [0.4, 0.5) is 13.2 Å². The summed E-state index contributed by atoms with van der Waals surface area (Å²) in [6.45, 7) is -0.426. The molecule has 0 spiro atoms. The van der Waals surface area contributed by atoms with Crippen LogP contribution in [0, 0.1) is 0 Å². The molecule has 1 unspecified atom stereocenters. The molecule has 1 atom stereocenters. The first-order chi connectivity index (χ1) is 13.7. The molecule has 2 heterocycles. The standard InChI is InChI=1S/C19H12BrCl2F3N4/c20-15-3-11(1-2-17(15)29-10-26-9-28-29)16-7-18(8-27-16,19(23,24)25)12-4-13(21)6-14(22)5-12/h1-6,9-10H,7-8H2. The van der Waals surface area contributed by atoms with Crippen LogP contribution in [0.15, 0.2) is 58.5 Å². The summed E-state index contributed by atoms with van der Waals surface area (Å²) in [5.74, 6) is 0. The molecule has 0 bridgehead atoms. The second kappa shape index (κ2) is 7.41. The van der Waals surface area contributed by atoms with Crippen LogP contribution in [0.25, 0.3) is 5.69 Å². The molecule has 4 nitrogen and oxygen atoms in total. The second-order valence-electron chi connectivity index (χ2n) is 6.68. The van der Waals surface area contributed by atoms with E-state index >= 15 is 0 Å². The Morgan fingerprint density at radius 1 is 1.07 bits per heavy atom. The summed E-state index contributed by atoms with van der Waals surface area (Å²) in [6, 6.07) is 9.23. The number of aromatic nitrogens is 3. The summed E-state index contributed by atoms with van der Waals surface area (Å²) in [4.78, 5) is 8.14. The van der Waals surface area contributed by atoms with Crippen molar-refractivity contribution in [1.82, 2.24) is 14.8 Å². The zero-order valence-corrected chi connectivity index (χ0v) is 17.7. The SMILES string of the molecule is FC(F)(F)C1(c2cc(Cl)cc(Cl)c2)CN=C(c2ccc(-n3cncn3)c(Br)c2)C1. The van der Waals surface area contributed by atoms with Gasteiger partial charge in [0, 0.05) is 26.7 Å². The van der Waals surface area contributed by atoms with E-state index in [0.717, 1.165) is 0 Å². The van der Waals surface area contributed by atoms with Crippen molar-refractivity contribution in [3.05, 3.63) is 74.7 Å². The maximum atomic E-state index is 14.2. The summed E-state index contributed by atoms with van der Waals surface area (Å²) < 4.78 is 44.8. The third-order valence-electron chi connectivity index (χ3n) is 4.91. The molecule has 10 heteroatoms. The Morgan fingerprint density at radius 3 is 2.38 bits per heavy atom. The van der Waals surface area contributed by atoms with E-state index in [4.69, 9.17) is 23.2 Å². The molecule has 1 aliphatic heterocycles. The summed E-state index contributed by atoms with van der Waals surface area (Å²) in [6.07, 6.45) is -1.90. The average Bonchev–Trinajstić information content (AvgIpc) is 3.31. The molecule has 0 saturated heterocycles. The lowest BCUT2D eigenvalue weighted by atomic mass is 9.76. The van der Waals surface area contributed by atoms with Gasteiger partial charge in [-0.2, -0.15) is 18.3 Å². The number of rotatable bonds is 3. The number of alkyl halides is 3. The molecule has 0 amide bonds. The van der Waals surface area contributed by atoms with Crippen LogP contribution in [0.2, 0.25) is 10.0 Å². The minimum atomic E-state index is -4.52. The molecule has 0 aliphatic carbocycles. The minimum absolute atomic E-state index is 0.0135. The maximum absolute atomic E-state index is 14.2. The molecule has 1 aromatic heterocycles. The highest BCUT2D eigenvalue weighted by Crippen LogP contribution is 2.49. The van der Waals surface area contributed by atoms with Crippen molar-refractivity contribution in [2.75, 3.05) is 6.54 Å². The Morgan fingerprint density at radius 2 is 1.79 bits per heavy atom. The van der Waals surface area contributed by atoms with Crippen molar-refractivity contribution >= 4 is 44.8 Å². The van der Waals surface area contributed by atoms with Crippen LogP contribution in [-0.2, 0) is 5.41 Å². The summed E-state index contributed by atoms with van der Waals surface area (Å²) in [5, 5.41) is 4.37. The van der Waals surface area contributed by atoms with Gasteiger partial charge >= 0.3 is 6.18 Å². The number of halogens is 6.